The lowest BCUT2D eigenvalue weighted by Crippen LogP contribution is -2.27. The third-order valence-corrected chi connectivity index (χ3v) is 3.23. The minimum atomic E-state index is -0.350. The zero-order valence-electron chi connectivity index (χ0n) is 12.8. The highest BCUT2D eigenvalue weighted by Gasteiger charge is 2.18. The zero-order chi connectivity index (χ0) is 15.7. The molecule has 0 atom stereocenters. The quantitative estimate of drug-likeness (QED) is 0.512. The molecule has 0 aromatic heterocycles. The molecule has 1 aromatic carbocycles. The molecule has 1 aromatic rings. The summed E-state index contributed by atoms with van der Waals surface area (Å²) in [5.41, 5.74) is 1.62. The molecule has 0 unspecified atom stereocenters. The molecular weight excluding hydrogens is 270 g/mol. The van der Waals surface area contributed by atoms with Crippen LogP contribution in [0.5, 0.6) is 0 Å². The molecule has 1 rings (SSSR count). The van der Waals surface area contributed by atoms with Gasteiger partial charge in [0.25, 0.3) is 5.69 Å². The highest BCUT2D eigenvalue weighted by molar-refractivity contribution is 5.66. The van der Waals surface area contributed by atoms with Gasteiger partial charge in [-0.3, -0.25) is 15.0 Å². The molecule has 0 heterocycles. The molecule has 0 aliphatic rings. The van der Waals surface area contributed by atoms with Crippen LogP contribution in [0.1, 0.15) is 32.3 Å². The molecule has 118 valence electrons. The lowest BCUT2D eigenvalue weighted by atomic mass is 10.1. The lowest BCUT2D eigenvalue weighted by molar-refractivity contribution is -0.384. The van der Waals surface area contributed by atoms with E-state index in [1.807, 2.05) is 13.0 Å². The molecule has 0 aliphatic heterocycles. The molecule has 2 N–H and O–H groups in total. The molecular formula is C15H25N3O3. The summed E-state index contributed by atoms with van der Waals surface area (Å²) < 4.78 is 0. The normalized spacial score (nSPS) is 10.9. The summed E-state index contributed by atoms with van der Waals surface area (Å²) in [6.07, 6.45) is 1.88. The van der Waals surface area contributed by atoms with Gasteiger partial charge in [-0.1, -0.05) is 26.0 Å². The minimum absolute atomic E-state index is 0.0899. The first-order chi connectivity index (χ1) is 10.1. The number of nitro benzene ring substituents is 1. The summed E-state index contributed by atoms with van der Waals surface area (Å²) >= 11 is 0. The van der Waals surface area contributed by atoms with Gasteiger partial charge in [0.05, 0.1) is 11.5 Å². The zero-order valence-corrected chi connectivity index (χ0v) is 12.8. The molecule has 6 nitrogen and oxygen atoms in total. The summed E-state index contributed by atoms with van der Waals surface area (Å²) in [5, 5.41) is 23.5. The van der Waals surface area contributed by atoms with E-state index in [4.69, 9.17) is 5.11 Å². The van der Waals surface area contributed by atoms with Crippen molar-refractivity contribution in [3.63, 3.8) is 0 Å². The third kappa shape index (κ3) is 5.32. The molecule has 0 saturated carbocycles. The van der Waals surface area contributed by atoms with Gasteiger partial charge in [0.2, 0.25) is 0 Å². The molecule has 0 saturated heterocycles. The van der Waals surface area contributed by atoms with Crippen molar-refractivity contribution in [2.75, 3.05) is 31.6 Å². The Bertz CT molecular complexity index is 446. The fourth-order valence-corrected chi connectivity index (χ4v) is 2.29. The molecule has 6 heteroatoms. The molecule has 0 radical (unpaired) electrons. The summed E-state index contributed by atoms with van der Waals surface area (Å²) in [4.78, 5) is 12.9. The van der Waals surface area contributed by atoms with Crippen LogP contribution < -0.4 is 5.32 Å². The van der Waals surface area contributed by atoms with Crippen LogP contribution in [0.25, 0.3) is 0 Å². The predicted octanol–water partition coefficient (Wildman–Crippen LogP) is 2.62. The van der Waals surface area contributed by atoms with Crippen LogP contribution in [0.15, 0.2) is 18.2 Å². The van der Waals surface area contributed by atoms with E-state index >= 15 is 0 Å². The van der Waals surface area contributed by atoms with Crippen LogP contribution in [-0.2, 0) is 6.54 Å². The Hall–Kier alpha value is -1.66. The Labute approximate surface area is 125 Å². The minimum Gasteiger partial charge on any atom is -0.395 e. The number of aliphatic hydroxyl groups is 1. The smallest absolute Gasteiger partial charge is 0.292 e. The summed E-state index contributed by atoms with van der Waals surface area (Å²) in [7, 11) is 0. The largest absolute Gasteiger partial charge is 0.395 e. The average Bonchev–Trinajstić information content (AvgIpc) is 2.46. The number of benzene rings is 1. The van der Waals surface area contributed by atoms with E-state index in [-0.39, 0.29) is 17.2 Å². The van der Waals surface area contributed by atoms with E-state index in [1.165, 1.54) is 6.07 Å². The SMILES string of the molecule is CCCNc1c(CN(CCC)CCO)cccc1[N+](=O)[O-]. The van der Waals surface area contributed by atoms with Crippen LogP contribution in [0, 0.1) is 10.1 Å². The predicted molar refractivity (Wildman–Crippen MR) is 84.5 cm³/mol. The Morgan fingerprint density at radius 3 is 2.62 bits per heavy atom. The van der Waals surface area contributed by atoms with Gasteiger partial charge in [0.15, 0.2) is 0 Å². The number of nitrogens with zero attached hydrogens (tertiary/aromatic N) is 2. The average molecular weight is 295 g/mol. The van der Waals surface area contributed by atoms with Crippen LogP contribution in [0.2, 0.25) is 0 Å². The maximum atomic E-state index is 11.2. The lowest BCUT2D eigenvalue weighted by Gasteiger charge is -2.22. The van der Waals surface area contributed by atoms with Gasteiger partial charge in [0, 0.05) is 25.7 Å². The van der Waals surface area contributed by atoms with Gasteiger partial charge < -0.3 is 10.4 Å². The number of para-hydroxylation sites is 1. The molecule has 0 bridgehead atoms. The van der Waals surface area contributed by atoms with Crippen molar-refractivity contribution in [1.82, 2.24) is 4.90 Å². The maximum absolute atomic E-state index is 11.2. The van der Waals surface area contributed by atoms with Gasteiger partial charge >= 0.3 is 0 Å². The van der Waals surface area contributed by atoms with Crippen molar-refractivity contribution in [3.05, 3.63) is 33.9 Å². The van der Waals surface area contributed by atoms with Crippen molar-refractivity contribution in [1.29, 1.82) is 0 Å². The van der Waals surface area contributed by atoms with Gasteiger partial charge in [-0.2, -0.15) is 0 Å². The van der Waals surface area contributed by atoms with E-state index in [9.17, 15) is 10.1 Å². The summed E-state index contributed by atoms with van der Waals surface area (Å²) in [6.45, 7) is 6.92. The first-order valence-electron chi connectivity index (χ1n) is 7.47. The van der Waals surface area contributed by atoms with Crippen LogP contribution in [0.4, 0.5) is 11.4 Å². The van der Waals surface area contributed by atoms with Gasteiger partial charge in [-0.05, 0) is 24.9 Å². The highest BCUT2D eigenvalue weighted by atomic mass is 16.6. The summed E-state index contributed by atoms with van der Waals surface area (Å²) in [6, 6.07) is 5.15. The fraction of sp³-hybridized carbons (Fsp3) is 0.600. The molecule has 0 spiro atoms. The first kappa shape index (κ1) is 17.4. The number of anilines is 1. The Kier molecular flexibility index (Phi) is 7.71. The van der Waals surface area contributed by atoms with E-state index in [0.717, 1.165) is 24.9 Å². The number of nitrogens with one attached hydrogen (secondary N) is 1. The van der Waals surface area contributed by atoms with Crippen molar-refractivity contribution in [3.8, 4) is 0 Å². The van der Waals surface area contributed by atoms with E-state index in [1.54, 1.807) is 6.07 Å². The molecule has 21 heavy (non-hydrogen) atoms. The van der Waals surface area contributed by atoms with Crippen molar-refractivity contribution >= 4 is 11.4 Å². The van der Waals surface area contributed by atoms with Crippen molar-refractivity contribution in [2.45, 2.75) is 33.2 Å². The standard InChI is InChI=1S/C15H25N3O3/c1-3-8-16-15-13(6-5-7-14(15)18(20)21)12-17(9-4-2)10-11-19/h5-7,16,19H,3-4,8-12H2,1-2H3. The molecule has 0 aliphatic carbocycles. The molecule has 0 fully saturated rings. The van der Waals surface area contributed by atoms with Crippen molar-refractivity contribution in [2.24, 2.45) is 0 Å². The Balaban J connectivity index is 3.02. The highest BCUT2D eigenvalue weighted by Crippen LogP contribution is 2.29. The Morgan fingerprint density at radius 2 is 2.05 bits per heavy atom. The maximum Gasteiger partial charge on any atom is 0.292 e. The van der Waals surface area contributed by atoms with Gasteiger partial charge in [-0.25, -0.2) is 0 Å². The Morgan fingerprint density at radius 1 is 1.29 bits per heavy atom. The van der Waals surface area contributed by atoms with Crippen LogP contribution in [0.3, 0.4) is 0 Å². The van der Waals surface area contributed by atoms with Crippen LogP contribution >= 0.6 is 0 Å². The van der Waals surface area contributed by atoms with Gasteiger partial charge in [-0.15, -0.1) is 0 Å². The van der Waals surface area contributed by atoms with E-state index < -0.39 is 0 Å². The second-order valence-electron chi connectivity index (χ2n) is 4.99. The van der Waals surface area contributed by atoms with Crippen molar-refractivity contribution < 1.29 is 10.0 Å². The van der Waals surface area contributed by atoms with Gasteiger partial charge in [0.1, 0.15) is 5.69 Å². The summed E-state index contributed by atoms with van der Waals surface area (Å²) in [5.74, 6) is 0. The number of aliphatic hydroxyl groups excluding tert-OH is 1. The van der Waals surface area contributed by atoms with E-state index in [0.29, 0.717) is 25.3 Å². The topological polar surface area (TPSA) is 78.6 Å². The third-order valence-electron chi connectivity index (χ3n) is 3.23. The monoisotopic (exact) mass is 295 g/mol. The second-order valence-corrected chi connectivity index (χ2v) is 4.99. The number of nitro groups is 1. The number of hydrogen-bond acceptors (Lipinski definition) is 5. The second kappa shape index (κ2) is 9.31. The fourth-order valence-electron chi connectivity index (χ4n) is 2.29. The first-order valence-corrected chi connectivity index (χ1v) is 7.47. The molecule has 0 amide bonds. The van der Waals surface area contributed by atoms with E-state index in [2.05, 4.69) is 17.1 Å². The number of rotatable bonds is 10. The van der Waals surface area contributed by atoms with Crippen LogP contribution in [-0.4, -0.2) is 41.2 Å². The number of hydrogen-bond donors (Lipinski definition) is 2.